The van der Waals surface area contributed by atoms with Crippen LogP contribution in [-0.4, -0.2) is 52.1 Å². The molecule has 0 spiro atoms. The molecule has 3 rings (SSSR count). The largest absolute Gasteiger partial charge is 0.369 e. The lowest BCUT2D eigenvalue weighted by Gasteiger charge is -2.36. The molecular weight excluding hydrogens is 370 g/mol. The van der Waals surface area contributed by atoms with Gasteiger partial charge < -0.3 is 4.90 Å². The zero-order valence-corrected chi connectivity index (χ0v) is 17.9. The molecule has 1 N–H and O–H groups in total. The van der Waals surface area contributed by atoms with E-state index in [0.717, 1.165) is 50.3 Å². The molecule has 28 heavy (non-hydrogen) atoms. The molecule has 1 aliphatic heterocycles. The summed E-state index contributed by atoms with van der Waals surface area (Å²) in [7, 11) is -3.48. The van der Waals surface area contributed by atoms with E-state index in [1.165, 1.54) is 5.69 Å². The van der Waals surface area contributed by atoms with E-state index >= 15 is 0 Å². The van der Waals surface area contributed by atoms with E-state index in [4.69, 9.17) is 0 Å². The van der Waals surface area contributed by atoms with Crippen molar-refractivity contribution in [2.45, 2.75) is 38.1 Å². The van der Waals surface area contributed by atoms with Gasteiger partial charge in [-0.15, -0.1) is 0 Å². The van der Waals surface area contributed by atoms with E-state index in [1.54, 1.807) is 6.07 Å². The van der Waals surface area contributed by atoms with Crippen LogP contribution in [0.5, 0.6) is 0 Å². The van der Waals surface area contributed by atoms with Crippen molar-refractivity contribution in [1.29, 1.82) is 0 Å². The number of anilines is 1. The van der Waals surface area contributed by atoms with Gasteiger partial charge in [0.1, 0.15) is 0 Å². The van der Waals surface area contributed by atoms with Gasteiger partial charge in [0, 0.05) is 37.9 Å². The van der Waals surface area contributed by atoms with Crippen LogP contribution in [0.4, 0.5) is 5.69 Å². The predicted octanol–water partition coefficient (Wildman–Crippen LogP) is 3.18. The highest BCUT2D eigenvalue weighted by atomic mass is 32.2. The number of sulfonamides is 1. The van der Waals surface area contributed by atoms with Gasteiger partial charge in [-0.3, -0.25) is 4.90 Å². The maximum atomic E-state index is 12.7. The van der Waals surface area contributed by atoms with E-state index in [0.29, 0.717) is 4.90 Å². The molecule has 2 aromatic rings. The summed E-state index contributed by atoms with van der Waals surface area (Å²) >= 11 is 0. The second kappa shape index (κ2) is 9.07. The molecule has 0 radical (unpaired) electrons. The summed E-state index contributed by atoms with van der Waals surface area (Å²) in [5, 5.41) is 0. The van der Waals surface area contributed by atoms with Gasteiger partial charge in [-0.1, -0.05) is 35.9 Å². The molecule has 0 amide bonds. The minimum Gasteiger partial charge on any atom is -0.369 e. The van der Waals surface area contributed by atoms with E-state index in [1.807, 2.05) is 39.0 Å². The van der Waals surface area contributed by atoms with Crippen LogP contribution in [0.2, 0.25) is 0 Å². The van der Waals surface area contributed by atoms with E-state index in [9.17, 15) is 8.42 Å². The zero-order valence-electron chi connectivity index (χ0n) is 17.1. The quantitative estimate of drug-likeness (QED) is 0.774. The number of nitrogens with one attached hydrogen (secondary N) is 1. The number of piperazine rings is 1. The Hall–Kier alpha value is -1.89. The highest BCUT2D eigenvalue weighted by Gasteiger charge is 2.21. The van der Waals surface area contributed by atoms with Crippen molar-refractivity contribution >= 4 is 15.7 Å². The second-order valence-corrected chi connectivity index (χ2v) is 9.43. The van der Waals surface area contributed by atoms with Crippen molar-refractivity contribution in [3.63, 3.8) is 0 Å². The molecule has 1 heterocycles. The molecule has 0 saturated carbocycles. The Morgan fingerprint density at radius 2 is 1.68 bits per heavy atom. The van der Waals surface area contributed by atoms with Crippen LogP contribution >= 0.6 is 0 Å². The monoisotopic (exact) mass is 401 g/mol. The Balaban J connectivity index is 1.47. The molecule has 0 unspecified atom stereocenters. The SMILES string of the molecule is Cc1ccc(S(=O)(=O)N[C@H](C)CCN2CCN(c3ccccc3)CC2)c(C)c1. The van der Waals surface area contributed by atoms with Crippen LogP contribution < -0.4 is 9.62 Å². The van der Waals surface area contributed by atoms with Crippen LogP contribution in [0, 0.1) is 13.8 Å². The molecule has 0 aliphatic carbocycles. The summed E-state index contributed by atoms with van der Waals surface area (Å²) in [5.74, 6) is 0. The van der Waals surface area contributed by atoms with Gasteiger partial charge in [-0.2, -0.15) is 0 Å². The number of rotatable bonds is 7. The molecule has 1 aliphatic rings. The van der Waals surface area contributed by atoms with Crippen LogP contribution in [0.25, 0.3) is 0 Å². The normalized spacial score (nSPS) is 16.9. The van der Waals surface area contributed by atoms with Gasteiger partial charge in [0.25, 0.3) is 0 Å². The highest BCUT2D eigenvalue weighted by molar-refractivity contribution is 7.89. The number of para-hydroxylation sites is 1. The van der Waals surface area contributed by atoms with Crippen LogP contribution in [0.15, 0.2) is 53.4 Å². The standard InChI is InChI=1S/C22H31N3O2S/c1-18-9-10-22(19(2)17-18)28(26,27)23-20(3)11-12-24-13-15-25(16-14-24)21-7-5-4-6-8-21/h4-10,17,20,23H,11-16H2,1-3H3/t20-/m1/s1. The van der Waals surface area contributed by atoms with Gasteiger partial charge >= 0.3 is 0 Å². The third kappa shape index (κ3) is 5.34. The first kappa shape index (κ1) is 20.8. The molecule has 1 saturated heterocycles. The highest BCUT2D eigenvalue weighted by Crippen LogP contribution is 2.18. The Labute approximate surface area is 169 Å². The number of nitrogens with zero attached hydrogens (tertiary/aromatic N) is 2. The zero-order chi connectivity index (χ0) is 20.1. The lowest BCUT2D eigenvalue weighted by atomic mass is 10.2. The van der Waals surface area contributed by atoms with Gasteiger partial charge in [-0.05, 0) is 57.5 Å². The average Bonchev–Trinajstić information content (AvgIpc) is 2.67. The third-order valence-corrected chi connectivity index (χ3v) is 7.10. The predicted molar refractivity (Wildman–Crippen MR) is 115 cm³/mol. The van der Waals surface area contributed by atoms with E-state index in [2.05, 4.69) is 38.8 Å². The third-order valence-electron chi connectivity index (χ3n) is 5.35. The van der Waals surface area contributed by atoms with Gasteiger partial charge in [0.15, 0.2) is 0 Å². The molecule has 152 valence electrons. The number of hydrogen-bond donors (Lipinski definition) is 1. The van der Waals surface area contributed by atoms with Crippen LogP contribution in [0.1, 0.15) is 24.5 Å². The average molecular weight is 402 g/mol. The lowest BCUT2D eigenvalue weighted by Crippen LogP contribution is -2.47. The molecule has 1 atom stereocenters. The first-order valence-corrected chi connectivity index (χ1v) is 11.5. The molecule has 6 heteroatoms. The van der Waals surface area contributed by atoms with Crippen molar-refractivity contribution in [2.24, 2.45) is 0 Å². The fourth-order valence-electron chi connectivity index (χ4n) is 3.73. The van der Waals surface area contributed by atoms with Gasteiger partial charge in [0.05, 0.1) is 4.90 Å². The lowest BCUT2D eigenvalue weighted by molar-refractivity contribution is 0.248. The molecule has 0 aromatic heterocycles. The van der Waals surface area contributed by atoms with E-state index < -0.39 is 10.0 Å². The van der Waals surface area contributed by atoms with Crippen molar-refractivity contribution in [3.05, 3.63) is 59.7 Å². The first-order chi connectivity index (χ1) is 13.3. The summed E-state index contributed by atoms with van der Waals surface area (Å²) in [6.07, 6.45) is 0.801. The summed E-state index contributed by atoms with van der Waals surface area (Å²) in [5.41, 5.74) is 3.13. The van der Waals surface area contributed by atoms with Gasteiger partial charge in [-0.25, -0.2) is 13.1 Å². The first-order valence-electron chi connectivity index (χ1n) is 9.97. The van der Waals surface area contributed by atoms with Crippen LogP contribution in [0.3, 0.4) is 0 Å². The van der Waals surface area contributed by atoms with Crippen molar-refractivity contribution in [2.75, 3.05) is 37.6 Å². The maximum Gasteiger partial charge on any atom is 0.241 e. The molecule has 1 fully saturated rings. The fraction of sp³-hybridized carbons (Fsp3) is 0.455. The van der Waals surface area contributed by atoms with Crippen LogP contribution in [-0.2, 0) is 10.0 Å². The van der Waals surface area contributed by atoms with E-state index in [-0.39, 0.29) is 6.04 Å². The number of hydrogen-bond acceptors (Lipinski definition) is 4. The topological polar surface area (TPSA) is 52.7 Å². The maximum absolute atomic E-state index is 12.7. The molecule has 2 aromatic carbocycles. The molecule has 0 bridgehead atoms. The second-order valence-electron chi connectivity index (χ2n) is 7.74. The summed E-state index contributed by atoms with van der Waals surface area (Å²) in [4.78, 5) is 5.20. The smallest absolute Gasteiger partial charge is 0.241 e. The fourth-order valence-corrected chi connectivity index (χ4v) is 5.24. The van der Waals surface area contributed by atoms with Crippen molar-refractivity contribution < 1.29 is 8.42 Å². The summed E-state index contributed by atoms with van der Waals surface area (Å²) < 4.78 is 28.2. The van der Waals surface area contributed by atoms with Gasteiger partial charge in [0.2, 0.25) is 10.0 Å². The molecule has 5 nitrogen and oxygen atoms in total. The summed E-state index contributed by atoms with van der Waals surface area (Å²) in [6, 6.07) is 15.8. The number of benzene rings is 2. The molecular formula is C22H31N3O2S. The van der Waals surface area contributed by atoms with Crippen molar-refractivity contribution in [1.82, 2.24) is 9.62 Å². The Bertz CT molecular complexity index is 876. The number of aryl methyl sites for hydroxylation is 2. The minimum absolute atomic E-state index is 0.0992. The Morgan fingerprint density at radius 3 is 2.32 bits per heavy atom. The van der Waals surface area contributed by atoms with Crippen molar-refractivity contribution in [3.8, 4) is 0 Å². The Kier molecular flexibility index (Phi) is 6.75. The minimum atomic E-state index is -3.48. The Morgan fingerprint density at radius 1 is 1.00 bits per heavy atom. The summed E-state index contributed by atoms with van der Waals surface area (Å²) in [6.45, 7) is 10.7.